The number of carbonyl (C=O) groups excluding carboxylic acids is 1. The second-order valence-electron chi connectivity index (χ2n) is 5.04. The van der Waals surface area contributed by atoms with Crippen molar-refractivity contribution in [3.63, 3.8) is 0 Å². The van der Waals surface area contributed by atoms with Crippen molar-refractivity contribution in [2.45, 2.75) is 26.7 Å². The lowest BCUT2D eigenvalue weighted by Crippen LogP contribution is -2.08. The maximum Gasteiger partial charge on any atom is 0.339 e. The summed E-state index contributed by atoms with van der Waals surface area (Å²) in [6.07, 6.45) is 1.50. The molecular weight excluding hydrogens is 264 g/mol. The molecule has 1 aromatic heterocycles. The quantitative estimate of drug-likeness (QED) is 0.693. The first kappa shape index (κ1) is 13.4. The molecule has 0 radical (unpaired) electrons. The van der Waals surface area contributed by atoms with Gasteiger partial charge in [0.05, 0.1) is 23.8 Å². The average molecular weight is 280 g/mol. The summed E-state index contributed by atoms with van der Waals surface area (Å²) in [7, 11) is 0. The van der Waals surface area contributed by atoms with E-state index in [9.17, 15) is 4.79 Å². The zero-order valence-corrected chi connectivity index (χ0v) is 12.1. The van der Waals surface area contributed by atoms with Crippen LogP contribution in [0.4, 0.5) is 0 Å². The summed E-state index contributed by atoms with van der Waals surface area (Å²) in [6, 6.07) is 9.78. The molecule has 0 bridgehead atoms. The van der Waals surface area contributed by atoms with E-state index < -0.39 is 0 Å². The van der Waals surface area contributed by atoms with Gasteiger partial charge in [0, 0.05) is 23.5 Å². The van der Waals surface area contributed by atoms with E-state index in [-0.39, 0.29) is 5.97 Å². The van der Waals surface area contributed by atoms with Crippen molar-refractivity contribution >= 4 is 5.97 Å². The molecule has 4 heteroatoms. The van der Waals surface area contributed by atoms with E-state index in [1.807, 2.05) is 38.1 Å². The summed E-state index contributed by atoms with van der Waals surface area (Å²) in [6.45, 7) is 4.23. The average Bonchev–Trinajstić information content (AvgIpc) is 3.01. The van der Waals surface area contributed by atoms with Gasteiger partial charge in [-0.2, -0.15) is 5.26 Å². The maximum absolute atomic E-state index is 12.1. The van der Waals surface area contributed by atoms with Crippen molar-refractivity contribution in [2.24, 2.45) is 0 Å². The normalized spacial score (nSPS) is 11.7. The van der Waals surface area contributed by atoms with Crippen LogP contribution in [0.1, 0.15) is 46.7 Å². The van der Waals surface area contributed by atoms with Crippen LogP contribution in [0.15, 0.2) is 24.3 Å². The number of esters is 1. The highest BCUT2D eigenvalue weighted by Crippen LogP contribution is 2.33. The smallest absolute Gasteiger partial charge is 0.339 e. The number of carbonyl (C=O) groups is 1. The molecule has 1 aliphatic rings. The molecule has 0 spiro atoms. The van der Waals surface area contributed by atoms with Crippen LogP contribution >= 0.6 is 0 Å². The Kier molecular flexibility index (Phi) is 3.26. The minimum absolute atomic E-state index is 0.258. The van der Waals surface area contributed by atoms with Gasteiger partial charge in [0.1, 0.15) is 0 Å². The summed E-state index contributed by atoms with van der Waals surface area (Å²) in [4.78, 5) is 12.1. The van der Waals surface area contributed by atoms with Gasteiger partial charge in [0.2, 0.25) is 0 Å². The highest BCUT2D eigenvalue weighted by Gasteiger charge is 2.26. The Hall–Kier alpha value is -2.54. The molecule has 0 atom stereocenters. The number of benzene rings is 1. The third-order valence-electron chi connectivity index (χ3n) is 3.83. The molecule has 0 aliphatic carbocycles. The molecule has 2 heterocycles. The lowest BCUT2D eigenvalue weighted by molar-refractivity contribution is 0.0525. The summed E-state index contributed by atoms with van der Waals surface area (Å²) in [5.74, 6) is -0.258. The number of rotatable bonds is 3. The minimum Gasteiger partial charge on any atom is -0.462 e. The predicted molar refractivity (Wildman–Crippen MR) is 78.6 cm³/mol. The van der Waals surface area contributed by atoms with Crippen molar-refractivity contribution in [3.8, 4) is 11.8 Å². The zero-order valence-electron chi connectivity index (χ0n) is 12.1. The van der Waals surface area contributed by atoms with Crippen molar-refractivity contribution in [3.05, 3.63) is 52.3 Å². The molecule has 4 nitrogen and oxygen atoms in total. The Bertz CT molecular complexity index is 766. The number of nitrogens with zero attached hydrogens (tertiary/aromatic N) is 2. The molecule has 0 fully saturated rings. The molecule has 106 valence electrons. The Morgan fingerprint density at radius 2 is 2.19 bits per heavy atom. The van der Waals surface area contributed by atoms with Gasteiger partial charge in [-0.15, -0.1) is 0 Å². The first-order valence-electron chi connectivity index (χ1n) is 7.13. The van der Waals surface area contributed by atoms with E-state index in [1.54, 1.807) is 0 Å². The van der Waals surface area contributed by atoms with Crippen LogP contribution in [0, 0.1) is 11.3 Å². The van der Waals surface area contributed by atoms with Gasteiger partial charge in [-0.3, -0.25) is 0 Å². The van der Waals surface area contributed by atoms with Crippen LogP contribution < -0.4 is 0 Å². The van der Waals surface area contributed by atoms with Gasteiger partial charge < -0.3 is 9.30 Å². The largest absolute Gasteiger partial charge is 0.462 e. The van der Waals surface area contributed by atoms with Crippen molar-refractivity contribution < 1.29 is 9.53 Å². The number of fused-ring (bicyclic) bond motifs is 3. The second kappa shape index (κ2) is 5.10. The second-order valence-corrected chi connectivity index (χ2v) is 5.04. The third-order valence-corrected chi connectivity index (χ3v) is 3.83. The Morgan fingerprint density at radius 3 is 2.86 bits per heavy atom. The minimum atomic E-state index is -0.258. The Labute approximate surface area is 123 Å². The highest BCUT2D eigenvalue weighted by atomic mass is 16.5. The van der Waals surface area contributed by atoms with Gasteiger partial charge in [-0.05, 0) is 43.2 Å². The summed E-state index contributed by atoms with van der Waals surface area (Å²) in [5, 5.41) is 9.00. The fraction of sp³-hybridized carbons (Fsp3) is 0.294. The van der Waals surface area contributed by atoms with E-state index in [1.165, 1.54) is 0 Å². The van der Waals surface area contributed by atoms with Crippen molar-refractivity contribution in [1.29, 1.82) is 5.26 Å². The molecular formula is C17H16N2O2. The first-order valence-corrected chi connectivity index (χ1v) is 7.13. The van der Waals surface area contributed by atoms with Gasteiger partial charge in [0.25, 0.3) is 0 Å². The van der Waals surface area contributed by atoms with Gasteiger partial charge in [-0.1, -0.05) is 6.92 Å². The SMILES string of the molecule is CCOC(=O)c1cc2n(c1CC)-c1ccc(C#N)cc1C2. The molecule has 0 saturated carbocycles. The standard InChI is InChI=1S/C17H16N2O2/c1-3-15-14(17(20)21-4-2)9-13-8-12-7-11(10-18)5-6-16(12)19(13)15/h5-7,9H,3-4,8H2,1-2H3. The Balaban J connectivity index is 2.12. The molecule has 2 aromatic rings. The highest BCUT2D eigenvalue weighted by molar-refractivity contribution is 5.91. The monoisotopic (exact) mass is 280 g/mol. The molecule has 1 aliphatic heterocycles. The molecule has 0 amide bonds. The third kappa shape index (κ3) is 2.02. The number of hydrogen-bond donors (Lipinski definition) is 0. The van der Waals surface area contributed by atoms with E-state index in [4.69, 9.17) is 10.00 Å². The van der Waals surface area contributed by atoms with Crippen LogP contribution in [-0.4, -0.2) is 17.1 Å². The number of aromatic nitrogens is 1. The van der Waals surface area contributed by atoms with E-state index in [2.05, 4.69) is 10.6 Å². The van der Waals surface area contributed by atoms with Crippen molar-refractivity contribution in [2.75, 3.05) is 6.61 Å². The van der Waals surface area contributed by atoms with Crippen LogP contribution in [-0.2, 0) is 17.6 Å². The first-order chi connectivity index (χ1) is 10.2. The molecule has 3 rings (SSSR count). The van der Waals surface area contributed by atoms with E-state index in [0.29, 0.717) is 17.7 Å². The van der Waals surface area contributed by atoms with Crippen LogP contribution in [0.3, 0.4) is 0 Å². The summed E-state index contributed by atoms with van der Waals surface area (Å²) < 4.78 is 7.26. The van der Waals surface area contributed by atoms with Gasteiger partial charge in [0.15, 0.2) is 0 Å². The van der Waals surface area contributed by atoms with Crippen molar-refractivity contribution in [1.82, 2.24) is 4.57 Å². The molecule has 0 saturated heterocycles. The number of hydrogen-bond acceptors (Lipinski definition) is 3. The molecule has 1 aromatic carbocycles. The van der Waals surface area contributed by atoms with E-state index >= 15 is 0 Å². The van der Waals surface area contributed by atoms with Gasteiger partial charge in [-0.25, -0.2) is 4.79 Å². The molecule has 0 unspecified atom stereocenters. The number of ether oxygens (including phenoxy) is 1. The molecule has 0 N–H and O–H groups in total. The molecule has 21 heavy (non-hydrogen) atoms. The van der Waals surface area contributed by atoms with Crippen LogP contribution in [0.5, 0.6) is 0 Å². The van der Waals surface area contributed by atoms with Crippen LogP contribution in [0.25, 0.3) is 5.69 Å². The fourth-order valence-electron chi connectivity index (χ4n) is 2.98. The summed E-state index contributed by atoms with van der Waals surface area (Å²) >= 11 is 0. The lowest BCUT2D eigenvalue weighted by atomic mass is 10.1. The Morgan fingerprint density at radius 1 is 1.38 bits per heavy atom. The topological polar surface area (TPSA) is 55.0 Å². The summed E-state index contributed by atoms with van der Waals surface area (Å²) in [5.41, 5.74) is 5.59. The van der Waals surface area contributed by atoms with Gasteiger partial charge >= 0.3 is 5.97 Å². The zero-order chi connectivity index (χ0) is 15.0. The number of nitriles is 1. The fourth-order valence-corrected chi connectivity index (χ4v) is 2.98. The lowest BCUT2D eigenvalue weighted by Gasteiger charge is -2.09. The predicted octanol–water partition coefficient (Wildman–Crippen LogP) is 2.99. The van der Waals surface area contributed by atoms with E-state index in [0.717, 1.165) is 35.5 Å². The van der Waals surface area contributed by atoms with Crippen LogP contribution in [0.2, 0.25) is 0 Å². The maximum atomic E-state index is 12.1.